The molecule has 0 spiro atoms. The van der Waals surface area contributed by atoms with Crippen LogP contribution in [-0.2, 0) is 6.61 Å². The fourth-order valence-electron chi connectivity index (χ4n) is 1.33. The van der Waals surface area contributed by atoms with E-state index in [0.29, 0.717) is 6.61 Å². The molecule has 84 valence electrons. The van der Waals surface area contributed by atoms with Gasteiger partial charge in [-0.1, -0.05) is 17.3 Å². The van der Waals surface area contributed by atoms with E-state index < -0.39 is 6.10 Å². The van der Waals surface area contributed by atoms with Gasteiger partial charge in [0, 0.05) is 5.56 Å². The van der Waals surface area contributed by atoms with Gasteiger partial charge in [0.15, 0.2) is 0 Å². The Morgan fingerprint density at radius 2 is 2.38 bits per heavy atom. The van der Waals surface area contributed by atoms with Gasteiger partial charge in [-0.25, -0.2) is 0 Å². The summed E-state index contributed by atoms with van der Waals surface area (Å²) in [6.45, 7) is 2.13. The van der Waals surface area contributed by atoms with E-state index >= 15 is 0 Å². The molecule has 0 bridgehead atoms. The summed E-state index contributed by atoms with van der Waals surface area (Å²) in [5.74, 6) is 0.722. The van der Waals surface area contributed by atoms with Crippen molar-refractivity contribution in [2.45, 2.75) is 19.6 Å². The molecule has 4 heteroatoms. The maximum absolute atomic E-state index is 9.42. The molecule has 1 heterocycles. The molecule has 16 heavy (non-hydrogen) atoms. The molecular weight excluding hydrogens is 206 g/mol. The van der Waals surface area contributed by atoms with Crippen molar-refractivity contribution in [3.63, 3.8) is 0 Å². The molecule has 0 aliphatic rings. The van der Waals surface area contributed by atoms with E-state index in [0.717, 1.165) is 16.9 Å². The molecule has 0 aliphatic heterocycles. The second kappa shape index (κ2) is 4.81. The van der Waals surface area contributed by atoms with Gasteiger partial charge in [0.25, 0.3) is 0 Å². The smallest absolute Gasteiger partial charge is 0.130 e. The zero-order chi connectivity index (χ0) is 11.4. The van der Waals surface area contributed by atoms with E-state index in [1.807, 2.05) is 24.3 Å². The van der Waals surface area contributed by atoms with Crippen molar-refractivity contribution in [3.8, 4) is 5.75 Å². The number of ether oxygens (including phenoxy) is 1. The molecule has 0 radical (unpaired) electrons. The summed E-state index contributed by atoms with van der Waals surface area (Å²) >= 11 is 0. The van der Waals surface area contributed by atoms with Gasteiger partial charge >= 0.3 is 0 Å². The van der Waals surface area contributed by atoms with Crippen molar-refractivity contribution in [3.05, 3.63) is 47.9 Å². The van der Waals surface area contributed by atoms with Crippen LogP contribution in [0.25, 0.3) is 0 Å². The molecule has 4 nitrogen and oxygen atoms in total. The summed E-state index contributed by atoms with van der Waals surface area (Å²) in [5.41, 5.74) is 1.71. The summed E-state index contributed by atoms with van der Waals surface area (Å²) in [6.07, 6.45) is 2.66. The minimum atomic E-state index is -0.487. The van der Waals surface area contributed by atoms with Crippen LogP contribution in [0.15, 0.2) is 41.2 Å². The second-order valence-corrected chi connectivity index (χ2v) is 3.57. The van der Waals surface area contributed by atoms with Gasteiger partial charge in [0.05, 0.1) is 12.3 Å². The number of hydrogen-bond donors (Lipinski definition) is 1. The Morgan fingerprint density at radius 1 is 1.50 bits per heavy atom. The molecule has 0 amide bonds. The highest BCUT2D eigenvalue weighted by Gasteiger charge is 2.03. The van der Waals surface area contributed by atoms with Gasteiger partial charge in [-0.2, -0.15) is 0 Å². The molecule has 1 aromatic carbocycles. The highest BCUT2D eigenvalue weighted by Crippen LogP contribution is 2.19. The van der Waals surface area contributed by atoms with Crippen LogP contribution < -0.4 is 4.74 Å². The first kappa shape index (κ1) is 10.7. The molecule has 1 aromatic heterocycles. The lowest BCUT2D eigenvalue weighted by Crippen LogP contribution is -1.96. The van der Waals surface area contributed by atoms with Gasteiger partial charge in [0.2, 0.25) is 0 Å². The molecule has 2 aromatic rings. The van der Waals surface area contributed by atoms with Gasteiger partial charge in [-0.15, -0.1) is 0 Å². The third kappa shape index (κ3) is 2.61. The Balaban J connectivity index is 2.01. The number of hydrogen-bond acceptors (Lipinski definition) is 4. The topological polar surface area (TPSA) is 55.5 Å². The van der Waals surface area contributed by atoms with Crippen molar-refractivity contribution in [1.29, 1.82) is 0 Å². The average Bonchev–Trinajstić information content (AvgIpc) is 2.79. The highest BCUT2D eigenvalue weighted by molar-refractivity contribution is 5.29. The Morgan fingerprint density at radius 3 is 3.06 bits per heavy atom. The molecule has 2 rings (SSSR count). The van der Waals surface area contributed by atoms with Gasteiger partial charge in [-0.05, 0) is 24.6 Å². The van der Waals surface area contributed by atoms with Crippen LogP contribution in [0.4, 0.5) is 0 Å². The first-order valence-electron chi connectivity index (χ1n) is 5.05. The van der Waals surface area contributed by atoms with Crippen molar-refractivity contribution in [2.24, 2.45) is 0 Å². The first-order chi connectivity index (χ1) is 7.75. The van der Waals surface area contributed by atoms with E-state index in [2.05, 4.69) is 5.16 Å². The lowest BCUT2D eigenvalue weighted by Gasteiger charge is -2.08. The highest BCUT2D eigenvalue weighted by atomic mass is 16.5. The largest absolute Gasteiger partial charge is 0.489 e. The van der Waals surface area contributed by atoms with Gasteiger partial charge < -0.3 is 14.4 Å². The van der Waals surface area contributed by atoms with Crippen molar-refractivity contribution in [1.82, 2.24) is 5.16 Å². The molecule has 0 saturated heterocycles. The molecule has 1 unspecified atom stereocenters. The number of nitrogens with zero attached hydrogens (tertiary/aromatic N) is 1. The predicted molar refractivity (Wildman–Crippen MR) is 57.9 cm³/mol. The Labute approximate surface area is 93.5 Å². The van der Waals surface area contributed by atoms with E-state index in [4.69, 9.17) is 9.26 Å². The van der Waals surface area contributed by atoms with Crippen LogP contribution >= 0.6 is 0 Å². The van der Waals surface area contributed by atoms with Crippen LogP contribution in [0.1, 0.15) is 24.2 Å². The molecular formula is C12H13NO3. The third-order valence-corrected chi connectivity index (χ3v) is 2.23. The Hall–Kier alpha value is -1.81. The lowest BCUT2D eigenvalue weighted by atomic mass is 10.1. The molecule has 1 N–H and O–H groups in total. The molecule has 0 fully saturated rings. The normalized spacial score (nSPS) is 12.4. The second-order valence-electron chi connectivity index (χ2n) is 3.57. The van der Waals surface area contributed by atoms with E-state index in [9.17, 15) is 5.11 Å². The maximum atomic E-state index is 9.42. The monoisotopic (exact) mass is 219 g/mol. The zero-order valence-corrected chi connectivity index (χ0v) is 8.96. The Bertz CT molecular complexity index is 437. The summed E-state index contributed by atoms with van der Waals surface area (Å²) in [6, 6.07) is 7.37. The zero-order valence-electron chi connectivity index (χ0n) is 8.96. The van der Waals surface area contributed by atoms with E-state index in [1.165, 1.54) is 0 Å². The maximum Gasteiger partial charge on any atom is 0.130 e. The number of benzene rings is 1. The van der Waals surface area contributed by atoms with Crippen LogP contribution in [0.5, 0.6) is 5.75 Å². The predicted octanol–water partition coefficient (Wildman–Crippen LogP) is 2.31. The van der Waals surface area contributed by atoms with Crippen LogP contribution in [0.3, 0.4) is 0 Å². The average molecular weight is 219 g/mol. The quantitative estimate of drug-likeness (QED) is 0.857. The van der Waals surface area contributed by atoms with Crippen LogP contribution in [-0.4, -0.2) is 10.3 Å². The van der Waals surface area contributed by atoms with Gasteiger partial charge in [-0.3, -0.25) is 0 Å². The Kier molecular flexibility index (Phi) is 3.22. The lowest BCUT2D eigenvalue weighted by molar-refractivity contribution is 0.198. The number of rotatable bonds is 4. The van der Waals surface area contributed by atoms with Crippen molar-refractivity contribution < 1.29 is 14.4 Å². The summed E-state index contributed by atoms with van der Waals surface area (Å²) in [4.78, 5) is 0. The fourth-order valence-corrected chi connectivity index (χ4v) is 1.33. The fraction of sp³-hybridized carbons (Fsp3) is 0.250. The summed E-state index contributed by atoms with van der Waals surface area (Å²) in [7, 11) is 0. The minimum Gasteiger partial charge on any atom is -0.489 e. The third-order valence-electron chi connectivity index (χ3n) is 2.23. The standard InChI is InChI=1S/C12H13NO3/c1-9(14)11-3-2-4-12(5-11)15-7-10-6-13-16-8-10/h2-6,8-9,14H,7H2,1H3. The van der Waals surface area contributed by atoms with E-state index in [-0.39, 0.29) is 0 Å². The van der Waals surface area contributed by atoms with Crippen molar-refractivity contribution >= 4 is 0 Å². The number of aliphatic hydroxyl groups excluding tert-OH is 1. The SMILES string of the molecule is CC(O)c1cccc(OCc2cnoc2)c1. The summed E-state index contributed by atoms with van der Waals surface area (Å²) < 4.78 is 10.2. The minimum absolute atomic E-state index is 0.409. The van der Waals surface area contributed by atoms with Crippen LogP contribution in [0, 0.1) is 0 Å². The van der Waals surface area contributed by atoms with Crippen molar-refractivity contribution in [2.75, 3.05) is 0 Å². The summed E-state index contributed by atoms with van der Waals surface area (Å²) in [5, 5.41) is 13.0. The number of aromatic nitrogens is 1. The molecule has 0 aliphatic carbocycles. The first-order valence-corrected chi connectivity index (χ1v) is 5.05. The van der Waals surface area contributed by atoms with E-state index in [1.54, 1.807) is 19.4 Å². The van der Waals surface area contributed by atoms with Gasteiger partial charge in [0.1, 0.15) is 18.6 Å². The number of aliphatic hydroxyl groups is 1. The molecule has 0 saturated carbocycles. The molecule has 1 atom stereocenters. The van der Waals surface area contributed by atoms with Crippen LogP contribution in [0.2, 0.25) is 0 Å².